The van der Waals surface area contributed by atoms with Gasteiger partial charge in [-0.2, -0.15) is 0 Å². The minimum Gasteiger partial charge on any atom is -0.345 e. The second-order valence-electron chi connectivity index (χ2n) is 5.48. The molecule has 3 N–H and O–H groups in total. The van der Waals surface area contributed by atoms with Gasteiger partial charge in [0.25, 0.3) is 5.91 Å². The molecule has 2 aromatic carbocycles. The number of benzene rings is 2. The Labute approximate surface area is 150 Å². The third kappa shape index (κ3) is 4.43. The van der Waals surface area contributed by atoms with E-state index in [1.165, 1.54) is 23.8 Å². The fourth-order valence-corrected chi connectivity index (χ4v) is 3.22. The molecule has 2 rings (SSSR count). The van der Waals surface area contributed by atoms with Crippen LogP contribution < -0.4 is 10.5 Å². The van der Waals surface area contributed by atoms with Crippen molar-refractivity contribution in [1.82, 2.24) is 5.32 Å². The number of primary sulfonamides is 1. The summed E-state index contributed by atoms with van der Waals surface area (Å²) in [5, 5.41) is 7.99. The largest absolute Gasteiger partial charge is 0.345 e. The van der Waals surface area contributed by atoms with Crippen LogP contribution in [0.3, 0.4) is 0 Å². The van der Waals surface area contributed by atoms with Gasteiger partial charge in [0.05, 0.1) is 16.5 Å². The van der Waals surface area contributed by atoms with Gasteiger partial charge in [0.1, 0.15) is 0 Å². The minimum atomic E-state index is -3.86. The Hall–Kier alpha value is -1.70. The highest BCUT2D eigenvalue weighted by molar-refractivity contribution is 9.10. The molecule has 0 fully saturated rings. The number of nitrogens with one attached hydrogen (secondary N) is 1. The van der Waals surface area contributed by atoms with Gasteiger partial charge in [-0.25, -0.2) is 13.6 Å². The zero-order chi connectivity index (χ0) is 17.9. The summed E-state index contributed by atoms with van der Waals surface area (Å²) in [6, 6.07) is 11.9. The van der Waals surface area contributed by atoms with Crippen LogP contribution in [0, 0.1) is 0 Å². The quantitative estimate of drug-likeness (QED) is 0.792. The van der Waals surface area contributed by atoms with Gasteiger partial charge in [-0.15, -0.1) is 0 Å². The summed E-state index contributed by atoms with van der Waals surface area (Å²) < 4.78 is 23.4. The molecular formula is C17H19BrN2O3S. The number of sulfonamides is 1. The molecule has 24 heavy (non-hydrogen) atoms. The Morgan fingerprint density at radius 2 is 1.83 bits per heavy atom. The minimum absolute atomic E-state index is 0.101. The summed E-state index contributed by atoms with van der Waals surface area (Å²) in [5.41, 5.74) is 2.42. The maximum atomic E-state index is 12.5. The van der Waals surface area contributed by atoms with Crippen molar-refractivity contribution < 1.29 is 13.2 Å². The first-order chi connectivity index (χ1) is 11.2. The molecule has 1 unspecified atom stereocenters. The first-order valence-electron chi connectivity index (χ1n) is 7.44. The van der Waals surface area contributed by atoms with E-state index >= 15 is 0 Å². The first-order valence-corrected chi connectivity index (χ1v) is 9.78. The van der Waals surface area contributed by atoms with E-state index in [1.807, 2.05) is 31.2 Å². The summed E-state index contributed by atoms with van der Waals surface area (Å²) in [7, 11) is -3.86. The zero-order valence-electron chi connectivity index (χ0n) is 13.4. The molecule has 0 aliphatic carbocycles. The van der Waals surface area contributed by atoms with Crippen molar-refractivity contribution in [2.45, 2.75) is 31.2 Å². The van der Waals surface area contributed by atoms with Crippen molar-refractivity contribution in [3.05, 3.63) is 63.6 Å². The molecule has 2 aromatic rings. The fraction of sp³-hybridized carbons (Fsp3) is 0.235. The van der Waals surface area contributed by atoms with Gasteiger partial charge in [-0.05, 0) is 58.6 Å². The first kappa shape index (κ1) is 18.6. The van der Waals surface area contributed by atoms with Crippen molar-refractivity contribution in [2.24, 2.45) is 5.14 Å². The van der Waals surface area contributed by atoms with E-state index in [-0.39, 0.29) is 22.4 Å². The molecule has 1 atom stereocenters. The van der Waals surface area contributed by atoms with Crippen LogP contribution >= 0.6 is 15.9 Å². The Morgan fingerprint density at radius 3 is 2.38 bits per heavy atom. The lowest BCUT2D eigenvalue weighted by atomic mass is 10.0. The predicted molar refractivity (Wildman–Crippen MR) is 97.2 cm³/mol. The number of hydrogen-bond donors (Lipinski definition) is 2. The van der Waals surface area contributed by atoms with E-state index < -0.39 is 10.0 Å². The van der Waals surface area contributed by atoms with Crippen molar-refractivity contribution in [1.29, 1.82) is 0 Å². The van der Waals surface area contributed by atoms with Crippen LogP contribution in [0.15, 0.2) is 51.8 Å². The molecule has 0 radical (unpaired) electrons. The Kier molecular flexibility index (Phi) is 5.79. The molecular weight excluding hydrogens is 392 g/mol. The van der Waals surface area contributed by atoms with Gasteiger partial charge in [-0.3, -0.25) is 4.79 Å². The lowest BCUT2D eigenvalue weighted by Crippen LogP contribution is -2.27. The number of carbonyl (C=O) groups is 1. The normalized spacial score (nSPS) is 12.7. The molecule has 0 spiro atoms. The average Bonchev–Trinajstić information content (AvgIpc) is 2.54. The van der Waals surface area contributed by atoms with Gasteiger partial charge in [0, 0.05) is 4.47 Å². The number of amides is 1. The summed E-state index contributed by atoms with van der Waals surface area (Å²) >= 11 is 3.27. The third-order valence-corrected chi connectivity index (χ3v) is 5.35. The van der Waals surface area contributed by atoms with E-state index in [2.05, 4.69) is 28.2 Å². The maximum absolute atomic E-state index is 12.5. The van der Waals surface area contributed by atoms with E-state index in [0.29, 0.717) is 4.47 Å². The van der Waals surface area contributed by atoms with Crippen LogP contribution in [0.2, 0.25) is 0 Å². The number of aryl methyl sites for hydroxylation is 1. The van der Waals surface area contributed by atoms with Gasteiger partial charge in [0.2, 0.25) is 10.0 Å². The smallest absolute Gasteiger partial charge is 0.252 e. The Morgan fingerprint density at radius 1 is 1.21 bits per heavy atom. The molecule has 0 aliphatic rings. The average molecular weight is 411 g/mol. The lowest BCUT2D eigenvalue weighted by Gasteiger charge is -2.16. The van der Waals surface area contributed by atoms with Crippen LogP contribution in [0.5, 0.6) is 0 Å². The zero-order valence-corrected chi connectivity index (χ0v) is 15.8. The van der Waals surface area contributed by atoms with Crippen molar-refractivity contribution in [3.63, 3.8) is 0 Å². The molecule has 0 aromatic heterocycles. The number of halogens is 1. The summed E-state index contributed by atoms with van der Waals surface area (Å²) in [5.74, 6) is -0.376. The number of rotatable bonds is 5. The molecule has 0 bridgehead atoms. The molecule has 7 heteroatoms. The van der Waals surface area contributed by atoms with Gasteiger partial charge >= 0.3 is 0 Å². The van der Waals surface area contributed by atoms with Gasteiger partial charge in [-0.1, -0.05) is 31.2 Å². The van der Waals surface area contributed by atoms with Crippen LogP contribution in [0.1, 0.15) is 41.4 Å². The monoisotopic (exact) mass is 410 g/mol. The van der Waals surface area contributed by atoms with Crippen molar-refractivity contribution >= 4 is 31.9 Å². The SMILES string of the molecule is CCc1ccc(C(C)NC(=O)c2cc(S(N)(=O)=O)ccc2Br)cc1. The van der Waals surface area contributed by atoms with Gasteiger partial charge in [0.15, 0.2) is 0 Å². The highest BCUT2D eigenvalue weighted by Crippen LogP contribution is 2.22. The van der Waals surface area contributed by atoms with Crippen molar-refractivity contribution in [3.8, 4) is 0 Å². The predicted octanol–water partition coefficient (Wildman–Crippen LogP) is 3.15. The third-order valence-electron chi connectivity index (χ3n) is 3.75. The molecule has 5 nitrogen and oxygen atoms in total. The number of nitrogens with two attached hydrogens (primary N) is 1. The van der Waals surface area contributed by atoms with Crippen LogP contribution in [-0.4, -0.2) is 14.3 Å². The Balaban J connectivity index is 2.22. The van der Waals surface area contributed by atoms with Crippen LogP contribution in [0.25, 0.3) is 0 Å². The topological polar surface area (TPSA) is 89.3 Å². The second kappa shape index (κ2) is 7.46. The summed E-state index contributed by atoms with van der Waals surface area (Å²) in [6.07, 6.45) is 0.953. The van der Waals surface area contributed by atoms with Crippen LogP contribution in [-0.2, 0) is 16.4 Å². The maximum Gasteiger partial charge on any atom is 0.252 e. The van der Waals surface area contributed by atoms with Gasteiger partial charge < -0.3 is 5.32 Å². The summed E-state index contributed by atoms with van der Waals surface area (Å²) in [4.78, 5) is 12.4. The molecule has 1 amide bonds. The Bertz CT molecular complexity index is 849. The molecule has 0 saturated carbocycles. The van der Waals surface area contributed by atoms with E-state index in [4.69, 9.17) is 5.14 Å². The highest BCUT2D eigenvalue weighted by Gasteiger charge is 2.17. The van der Waals surface area contributed by atoms with Crippen LogP contribution in [0.4, 0.5) is 0 Å². The second-order valence-corrected chi connectivity index (χ2v) is 7.89. The molecule has 0 aliphatic heterocycles. The van der Waals surface area contributed by atoms with E-state index in [9.17, 15) is 13.2 Å². The molecule has 128 valence electrons. The lowest BCUT2D eigenvalue weighted by molar-refractivity contribution is 0.0939. The van der Waals surface area contributed by atoms with Crippen molar-refractivity contribution in [2.75, 3.05) is 0 Å². The number of hydrogen-bond acceptors (Lipinski definition) is 3. The van der Waals surface area contributed by atoms with E-state index in [0.717, 1.165) is 12.0 Å². The fourth-order valence-electron chi connectivity index (χ4n) is 2.26. The number of carbonyl (C=O) groups excluding carboxylic acids is 1. The molecule has 0 heterocycles. The highest BCUT2D eigenvalue weighted by atomic mass is 79.9. The molecule has 0 saturated heterocycles. The standard InChI is InChI=1S/C17H19BrN2O3S/c1-3-12-4-6-13(7-5-12)11(2)20-17(21)15-10-14(24(19,22)23)8-9-16(15)18/h4-11H,3H2,1-2H3,(H,20,21)(H2,19,22,23). The summed E-state index contributed by atoms with van der Waals surface area (Å²) in [6.45, 7) is 3.95. The van der Waals surface area contributed by atoms with E-state index in [1.54, 1.807) is 0 Å².